The van der Waals surface area contributed by atoms with E-state index < -0.39 is 17.2 Å². The van der Waals surface area contributed by atoms with E-state index in [0.717, 1.165) is 19.6 Å². The highest BCUT2D eigenvalue weighted by atomic mass is 32.1. The van der Waals surface area contributed by atoms with Gasteiger partial charge in [0.2, 0.25) is 5.91 Å². The molecule has 1 amide bonds. The number of rotatable bonds is 15. The van der Waals surface area contributed by atoms with Gasteiger partial charge in [-0.2, -0.15) is 0 Å². The summed E-state index contributed by atoms with van der Waals surface area (Å²) in [5.41, 5.74) is 0.661. The van der Waals surface area contributed by atoms with E-state index >= 15 is 0 Å². The normalized spacial score (nSPS) is 17.3. The number of amides is 1. The van der Waals surface area contributed by atoms with Crippen LogP contribution in [0.5, 0.6) is 0 Å². The number of nitro groups is 1. The predicted octanol–water partition coefficient (Wildman–Crippen LogP) is 4.00. The summed E-state index contributed by atoms with van der Waals surface area (Å²) in [5, 5.41) is 10.9. The zero-order valence-electron chi connectivity index (χ0n) is 21.8. The van der Waals surface area contributed by atoms with E-state index in [0.29, 0.717) is 34.4 Å². The number of benzene rings is 1. The van der Waals surface area contributed by atoms with E-state index in [1.165, 1.54) is 29.2 Å². The molecule has 2 rings (SSSR count). The Morgan fingerprint density at radius 1 is 1.17 bits per heavy atom. The number of non-ortho nitro benzene ring substituents is 1. The molecule has 1 fully saturated rings. The summed E-state index contributed by atoms with van der Waals surface area (Å²) in [4.78, 5) is 38.5. The highest BCUT2D eigenvalue weighted by Gasteiger charge is 2.52. The number of carbonyl (C=O) groups excluding carboxylic acids is 2. The number of quaternary nitrogens is 1. The van der Waals surface area contributed by atoms with Crippen molar-refractivity contribution in [2.75, 3.05) is 32.8 Å². The lowest BCUT2D eigenvalue weighted by Gasteiger charge is -2.52. The van der Waals surface area contributed by atoms with Crippen molar-refractivity contribution in [3.63, 3.8) is 0 Å². The van der Waals surface area contributed by atoms with Crippen molar-refractivity contribution in [1.29, 1.82) is 0 Å². The van der Waals surface area contributed by atoms with Crippen molar-refractivity contribution in [1.82, 2.24) is 4.90 Å². The van der Waals surface area contributed by atoms with Crippen molar-refractivity contribution >= 4 is 30.2 Å². The highest BCUT2D eigenvalue weighted by molar-refractivity contribution is 7.84. The lowest BCUT2D eigenvalue weighted by atomic mass is 10.0. The molecule has 200 valence electrons. The molecule has 0 aliphatic carbocycles. The molecule has 1 aliphatic heterocycles. The van der Waals surface area contributed by atoms with Crippen molar-refractivity contribution in [3.05, 3.63) is 50.5 Å². The second-order valence-corrected chi connectivity index (χ2v) is 9.09. The third-order valence-corrected chi connectivity index (χ3v) is 7.20. The van der Waals surface area contributed by atoms with Gasteiger partial charge >= 0.3 is 5.97 Å². The highest BCUT2D eigenvalue weighted by Crippen LogP contribution is 2.36. The number of hydrogen-bond acceptors (Lipinski definition) is 8. The molecule has 0 radical (unpaired) electrons. The number of esters is 1. The third-order valence-electron chi connectivity index (χ3n) is 6.76. The summed E-state index contributed by atoms with van der Waals surface area (Å²) < 4.78 is 17.2. The van der Waals surface area contributed by atoms with Gasteiger partial charge in [-0.05, 0) is 52.3 Å². The van der Waals surface area contributed by atoms with Crippen LogP contribution in [0.3, 0.4) is 0 Å². The molecule has 2 atom stereocenters. The van der Waals surface area contributed by atoms with Crippen LogP contribution in [0.25, 0.3) is 0 Å². The van der Waals surface area contributed by atoms with Crippen LogP contribution in [0, 0.1) is 10.1 Å². The molecule has 2 unspecified atom stereocenters. The van der Waals surface area contributed by atoms with Gasteiger partial charge in [-0.25, -0.2) is 4.79 Å². The lowest BCUT2D eigenvalue weighted by Crippen LogP contribution is -2.70. The largest absolute Gasteiger partial charge is 0.456 e. The topological polar surface area (TPSA) is 108 Å². The first-order valence-electron chi connectivity index (χ1n) is 12.4. The van der Waals surface area contributed by atoms with Crippen LogP contribution < -0.4 is 0 Å². The number of nitro benzene ring substituents is 1. The first-order chi connectivity index (χ1) is 17.1. The van der Waals surface area contributed by atoms with E-state index in [9.17, 15) is 19.7 Å². The average molecular weight is 525 g/mol. The Balaban J connectivity index is 2.29. The van der Waals surface area contributed by atoms with Crippen molar-refractivity contribution in [2.45, 2.75) is 66.5 Å². The third kappa shape index (κ3) is 7.06. The molecule has 0 spiro atoms. The molecule has 36 heavy (non-hydrogen) atoms. The standard InChI is InChI=1S/C25H37N3O7S/c1-6-28(7-2,8-3)22-16-23(29)26(22)24(21(36)14-15-34-18(5)33-9-4)25(30)35-17-19-10-12-20(13-11-19)27(31)32/h10-13,18,22H,6-9,14-17H2,1-5H3/p+1. The van der Waals surface area contributed by atoms with Crippen LogP contribution >= 0.6 is 12.6 Å². The van der Waals surface area contributed by atoms with E-state index in [1.807, 2.05) is 6.92 Å². The molecule has 11 heteroatoms. The quantitative estimate of drug-likeness (QED) is 0.0540. The summed E-state index contributed by atoms with van der Waals surface area (Å²) in [7, 11) is 0. The molecule has 1 heterocycles. The maximum absolute atomic E-state index is 13.3. The van der Waals surface area contributed by atoms with E-state index in [-0.39, 0.29) is 36.7 Å². The van der Waals surface area contributed by atoms with E-state index in [2.05, 4.69) is 33.4 Å². The van der Waals surface area contributed by atoms with Crippen LogP contribution in [0.15, 0.2) is 34.9 Å². The van der Waals surface area contributed by atoms with Crippen molar-refractivity contribution in [3.8, 4) is 0 Å². The molecular weight excluding hydrogens is 486 g/mol. The fourth-order valence-electron chi connectivity index (χ4n) is 4.42. The predicted molar refractivity (Wildman–Crippen MR) is 138 cm³/mol. The van der Waals surface area contributed by atoms with Gasteiger partial charge in [-0.3, -0.25) is 19.8 Å². The summed E-state index contributed by atoms with van der Waals surface area (Å²) in [6.45, 7) is 13.0. The van der Waals surface area contributed by atoms with Gasteiger partial charge < -0.3 is 18.7 Å². The number of thiol groups is 1. The second-order valence-electron chi connectivity index (χ2n) is 8.55. The number of nitrogens with zero attached hydrogens (tertiary/aromatic N) is 3. The molecule has 0 aromatic heterocycles. The number of ether oxygens (including phenoxy) is 3. The Kier molecular flexibility index (Phi) is 11.4. The van der Waals surface area contributed by atoms with Crippen molar-refractivity contribution < 1.29 is 33.2 Å². The average Bonchev–Trinajstić information content (AvgIpc) is 2.86. The molecular formula is C25H38N3O7S+. The molecule has 1 saturated heterocycles. The van der Waals surface area contributed by atoms with Gasteiger partial charge in [0.1, 0.15) is 18.7 Å². The molecule has 1 aromatic rings. The SMILES string of the molecule is CCOC(C)OCCC(S)=C(C(=O)OCc1ccc([N+](=O)[O-])cc1)N1C(=O)CC1[N+](CC)(CC)CC. The summed E-state index contributed by atoms with van der Waals surface area (Å²) in [6.07, 6.45) is 0.0400. The monoisotopic (exact) mass is 524 g/mol. The van der Waals surface area contributed by atoms with E-state index in [1.54, 1.807) is 6.92 Å². The van der Waals surface area contributed by atoms with Gasteiger partial charge in [0.15, 0.2) is 12.5 Å². The van der Waals surface area contributed by atoms with Gasteiger partial charge in [-0.1, -0.05) is 0 Å². The zero-order valence-corrected chi connectivity index (χ0v) is 22.7. The van der Waals surface area contributed by atoms with Gasteiger partial charge in [0.25, 0.3) is 5.69 Å². The summed E-state index contributed by atoms with van der Waals surface area (Å²) >= 11 is 4.61. The molecule has 0 N–H and O–H groups in total. The Bertz CT molecular complexity index is 939. The minimum absolute atomic E-state index is 0.0496. The van der Waals surface area contributed by atoms with E-state index in [4.69, 9.17) is 14.2 Å². The first-order valence-corrected chi connectivity index (χ1v) is 12.8. The number of hydrogen-bond donors (Lipinski definition) is 1. The second kappa shape index (κ2) is 13.7. The fraction of sp³-hybridized carbons (Fsp3) is 0.600. The van der Waals surface area contributed by atoms with Gasteiger partial charge in [0, 0.05) is 30.1 Å². The Morgan fingerprint density at radius 2 is 1.78 bits per heavy atom. The molecule has 1 aromatic carbocycles. The maximum atomic E-state index is 13.3. The van der Waals surface area contributed by atoms with Gasteiger partial charge in [-0.15, -0.1) is 12.6 Å². The molecule has 10 nitrogen and oxygen atoms in total. The minimum atomic E-state index is -0.671. The molecule has 1 aliphatic rings. The zero-order chi connectivity index (χ0) is 26.9. The Hall–Kier alpha value is -2.47. The summed E-state index contributed by atoms with van der Waals surface area (Å²) in [5.74, 6) is -0.828. The Labute approximate surface area is 218 Å². The molecule has 0 bridgehead atoms. The first kappa shape index (κ1) is 29.8. The number of β-lactam (4-membered cyclic amide) rings is 1. The number of carbonyl (C=O) groups is 2. The number of likely N-dealkylation sites (tertiary alicyclic amines) is 1. The van der Waals surface area contributed by atoms with Gasteiger partial charge in [0.05, 0.1) is 31.2 Å². The minimum Gasteiger partial charge on any atom is -0.456 e. The van der Waals surface area contributed by atoms with Crippen LogP contribution in [-0.2, 0) is 30.4 Å². The lowest BCUT2D eigenvalue weighted by molar-refractivity contribution is -0.958. The summed E-state index contributed by atoms with van der Waals surface area (Å²) in [6, 6.07) is 5.77. The van der Waals surface area contributed by atoms with Crippen LogP contribution in [-0.4, -0.2) is 71.5 Å². The Morgan fingerprint density at radius 3 is 2.28 bits per heavy atom. The smallest absolute Gasteiger partial charge is 0.356 e. The van der Waals surface area contributed by atoms with Crippen molar-refractivity contribution in [2.24, 2.45) is 0 Å². The van der Waals surface area contributed by atoms with Crippen LogP contribution in [0.4, 0.5) is 5.69 Å². The van der Waals surface area contributed by atoms with Crippen LogP contribution in [0.1, 0.15) is 53.0 Å². The fourth-order valence-corrected chi connectivity index (χ4v) is 4.71. The molecule has 0 saturated carbocycles. The maximum Gasteiger partial charge on any atom is 0.356 e. The van der Waals surface area contributed by atoms with Crippen LogP contribution in [0.2, 0.25) is 0 Å².